The number of benzene rings is 2. The number of methoxy groups -OCH3 is 1. The molecule has 2 aromatic rings. The number of aryl methyl sites for hydroxylation is 1. The van der Waals surface area contributed by atoms with Crippen molar-refractivity contribution >= 4 is 29.9 Å². The maximum atomic E-state index is 5.45. The third-order valence-electron chi connectivity index (χ3n) is 4.26. The van der Waals surface area contributed by atoms with Crippen LogP contribution in [0, 0.1) is 6.92 Å². The summed E-state index contributed by atoms with van der Waals surface area (Å²) in [6.07, 6.45) is 0.866. The van der Waals surface area contributed by atoms with Gasteiger partial charge in [0.05, 0.1) is 7.11 Å². The first-order chi connectivity index (χ1) is 12.7. The molecule has 0 spiro atoms. The molecule has 7 heteroatoms. The third kappa shape index (κ3) is 5.66. The summed E-state index contributed by atoms with van der Waals surface area (Å²) in [6, 6.07) is 12.2. The van der Waals surface area contributed by atoms with E-state index in [0.717, 1.165) is 41.7 Å². The van der Waals surface area contributed by atoms with Gasteiger partial charge in [-0.1, -0.05) is 18.2 Å². The van der Waals surface area contributed by atoms with Crippen LogP contribution in [0.2, 0.25) is 0 Å². The van der Waals surface area contributed by atoms with E-state index in [0.29, 0.717) is 13.3 Å². The summed E-state index contributed by atoms with van der Waals surface area (Å²) in [5.41, 5.74) is 3.46. The molecule has 1 aliphatic heterocycles. The molecule has 0 aromatic heterocycles. The number of nitrogens with zero attached hydrogens (tertiary/aromatic N) is 1. The summed E-state index contributed by atoms with van der Waals surface area (Å²) < 4.78 is 16.2. The second kappa shape index (κ2) is 10.2. The van der Waals surface area contributed by atoms with Crippen LogP contribution >= 0.6 is 24.0 Å². The van der Waals surface area contributed by atoms with Crippen molar-refractivity contribution in [1.29, 1.82) is 0 Å². The first-order valence-corrected chi connectivity index (χ1v) is 8.66. The Balaban J connectivity index is 0.00000261. The van der Waals surface area contributed by atoms with Gasteiger partial charge >= 0.3 is 0 Å². The Hall–Kier alpha value is -2.16. The van der Waals surface area contributed by atoms with Crippen molar-refractivity contribution in [2.45, 2.75) is 19.9 Å². The molecular formula is C20H26IN3O3. The monoisotopic (exact) mass is 483 g/mol. The van der Waals surface area contributed by atoms with Crippen LogP contribution in [-0.4, -0.2) is 33.5 Å². The molecule has 1 aliphatic rings. The van der Waals surface area contributed by atoms with Crippen LogP contribution in [0.4, 0.5) is 0 Å². The van der Waals surface area contributed by atoms with Crippen LogP contribution in [0.5, 0.6) is 17.2 Å². The minimum absolute atomic E-state index is 0. The highest BCUT2D eigenvalue weighted by atomic mass is 127. The number of hydrogen-bond acceptors (Lipinski definition) is 4. The van der Waals surface area contributed by atoms with Gasteiger partial charge in [0.25, 0.3) is 0 Å². The van der Waals surface area contributed by atoms with Crippen molar-refractivity contribution in [2.75, 3.05) is 27.5 Å². The summed E-state index contributed by atoms with van der Waals surface area (Å²) in [4.78, 5) is 4.27. The van der Waals surface area contributed by atoms with Gasteiger partial charge in [-0.25, -0.2) is 0 Å². The largest absolute Gasteiger partial charge is 0.496 e. The molecule has 0 radical (unpaired) electrons. The Morgan fingerprint density at radius 1 is 1.11 bits per heavy atom. The average Bonchev–Trinajstić information content (AvgIpc) is 3.13. The maximum absolute atomic E-state index is 5.45. The SMILES string of the molecule is CN=C(NCCc1ccc2c(c1)OCO2)NCc1ccc(C)cc1OC.I. The van der Waals surface area contributed by atoms with E-state index in [9.17, 15) is 0 Å². The van der Waals surface area contributed by atoms with Crippen molar-refractivity contribution in [2.24, 2.45) is 4.99 Å². The molecular weight excluding hydrogens is 457 g/mol. The lowest BCUT2D eigenvalue weighted by Crippen LogP contribution is -2.37. The van der Waals surface area contributed by atoms with Crippen LogP contribution in [0.1, 0.15) is 16.7 Å². The molecule has 1 heterocycles. The fourth-order valence-electron chi connectivity index (χ4n) is 2.82. The summed E-state index contributed by atoms with van der Waals surface area (Å²) in [5, 5.41) is 6.65. The zero-order valence-electron chi connectivity index (χ0n) is 15.9. The van der Waals surface area contributed by atoms with Crippen molar-refractivity contribution in [1.82, 2.24) is 10.6 Å². The Bertz CT molecular complexity index is 796. The van der Waals surface area contributed by atoms with Gasteiger partial charge in [-0.3, -0.25) is 4.99 Å². The van der Waals surface area contributed by atoms with Gasteiger partial charge in [-0.2, -0.15) is 0 Å². The first kappa shape index (κ1) is 21.1. The quantitative estimate of drug-likeness (QED) is 0.375. The molecule has 0 fully saturated rings. The second-order valence-electron chi connectivity index (χ2n) is 6.11. The number of nitrogens with one attached hydrogen (secondary N) is 2. The fraction of sp³-hybridized carbons (Fsp3) is 0.350. The lowest BCUT2D eigenvalue weighted by Gasteiger charge is -2.14. The molecule has 6 nitrogen and oxygen atoms in total. The van der Waals surface area contributed by atoms with Gasteiger partial charge in [0.2, 0.25) is 6.79 Å². The van der Waals surface area contributed by atoms with E-state index in [1.54, 1.807) is 14.2 Å². The standard InChI is InChI=1S/C20H25N3O3.HI/c1-14-4-6-16(18(10-14)24-3)12-23-20(21-2)22-9-8-15-5-7-17-19(11-15)26-13-25-17;/h4-7,10-11H,8-9,12-13H2,1-3H3,(H2,21,22,23);1H. The third-order valence-corrected chi connectivity index (χ3v) is 4.26. The molecule has 0 amide bonds. The smallest absolute Gasteiger partial charge is 0.231 e. The highest BCUT2D eigenvalue weighted by molar-refractivity contribution is 14.0. The number of rotatable bonds is 6. The van der Waals surface area contributed by atoms with Gasteiger partial charge in [0, 0.05) is 25.7 Å². The maximum Gasteiger partial charge on any atom is 0.231 e. The highest BCUT2D eigenvalue weighted by Gasteiger charge is 2.13. The molecule has 3 rings (SSSR count). The number of halogens is 1. The summed E-state index contributed by atoms with van der Waals surface area (Å²) in [7, 11) is 3.46. The molecule has 2 N–H and O–H groups in total. The Labute approximate surface area is 177 Å². The van der Waals surface area contributed by atoms with E-state index in [-0.39, 0.29) is 24.0 Å². The number of fused-ring (bicyclic) bond motifs is 1. The topological polar surface area (TPSA) is 64.1 Å². The minimum atomic E-state index is 0. The molecule has 27 heavy (non-hydrogen) atoms. The van der Waals surface area contributed by atoms with E-state index < -0.39 is 0 Å². The van der Waals surface area contributed by atoms with Crippen LogP contribution in [-0.2, 0) is 13.0 Å². The van der Waals surface area contributed by atoms with Gasteiger partial charge in [0.15, 0.2) is 17.5 Å². The minimum Gasteiger partial charge on any atom is -0.496 e. The summed E-state index contributed by atoms with van der Waals surface area (Å²) >= 11 is 0. The molecule has 0 atom stereocenters. The Kier molecular flexibility index (Phi) is 8.02. The predicted octanol–water partition coefficient (Wildman–Crippen LogP) is 3.26. The Morgan fingerprint density at radius 2 is 1.93 bits per heavy atom. The van der Waals surface area contributed by atoms with Crippen LogP contribution in [0.3, 0.4) is 0 Å². The van der Waals surface area contributed by atoms with Gasteiger partial charge in [0.1, 0.15) is 5.75 Å². The number of ether oxygens (including phenoxy) is 3. The molecule has 2 aromatic carbocycles. The fourth-order valence-corrected chi connectivity index (χ4v) is 2.82. The lowest BCUT2D eigenvalue weighted by molar-refractivity contribution is 0.174. The van der Waals surface area contributed by atoms with Crippen molar-refractivity contribution in [3.63, 3.8) is 0 Å². The van der Waals surface area contributed by atoms with Crippen molar-refractivity contribution in [3.05, 3.63) is 53.1 Å². The van der Waals surface area contributed by atoms with Crippen molar-refractivity contribution in [3.8, 4) is 17.2 Å². The normalized spacial score (nSPS) is 12.3. The molecule has 0 aliphatic carbocycles. The molecule has 0 saturated heterocycles. The second-order valence-corrected chi connectivity index (χ2v) is 6.11. The molecule has 146 valence electrons. The average molecular weight is 483 g/mol. The van der Waals surface area contributed by atoms with Gasteiger partial charge in [-0.05, 0) is 42.7 Å². The first-order valence-electron chi connectivity index (χ1n) is 8.66. The summed E-state index contributed by atoms with van der Waals surface area (Å²) in [6.45, 7) is 3.77. The van der Waals surface area contributed by atoms with Crippen molar-refractivity contribution < 1.29 is 14.2 Å². The van der Waals surface area contributed by atoms with Crippen LogP contribution in [0.15, 0.2) is 41.4 Å². The van der Waals surface area contributed by atoms with E-state index in [1.165, 1.54) is 11.1 Å². The number of guanidine groups is 1. The van der Waals surface area contributed by atoms with Gasteiger partial charge in [-0.15, -0.1) is 24.0 Å². The predicted molar refractivity (Wildman–Crippen MR) is 118 cm³/mol. The Morgan fingerprint density at radius 3 is 2.70 bits per heavy atom. The van der Waals surface area contributed by atoms with Crippen LogP contribution < -0.4 is 24.8 Å². The zero-order valence-corrected chi connectivity index (χ0v) is 18.2. The molecule has 0 unspecified atom stereocenters. The number of aliphatic imine (C=N–C) groups is 1. The molecule has 0 bridgehead atoms. The zero-order chi connectivity index (χ0) is 18.4. The lowest BCUT2D eigenvalue weighted by atomic mass is 10.1. The van der Waals surface area contributed by atoms with E-state index >= 15 is 0 Å². The molecule has 0 saturated carbocycles. The highest BCUT2D eigenvalue weighted by Crippen LogP contribution is 2.32. The van der Waals surface area contributed by atoms with E-state index in [4.69, 9.17) is 14.2 Å². The van der Waals surface area contributed by atoms with E-state index in [1.807, 2.05) is 18.2 Å². The number of hydrogen-bond donors (Lipinski definition) is 2. The van der Waals surface area contributed by atoms with E-state index in [2.05, 4.69) is 40.7 Å². The van der Waals surface area contributed by atoms with Crippen LogP contribution in [0.25, 0.3) is 0 Å². The summed E-state index contributed by atoms with van der Waals surface area (Å²) in [5.74, 6) is 3.27. The van der Waals surface area contributed by atoms with Gasteiger partial charge < -0.3 is 24.8 Å².